The number of ether oxygens (including phenoxy) is 1. The number of hydrogen-bond acceptors (Lipinski definition) is 5. The molecule has 1 amide bonds. The third kappa shape index (κ3) is 6.31. The number of aliphatic carboxylic acids is 1. The zero-order valence-corrected chi connectivity index (χ0v) is 20.1. The molecule has 0 radical (unpaired) electrons. The molecule has 7 nitrogen and oxygen atoms in total. The minimum Gasteiger partial charge on any atom is -0.497 e. The number of carboxylic acid groups (broad SMARTS) is 1. The van der Waals surface area contributed by atoms with Gasteiger partial charge in [0.1, 0.15) is 17.1 Å². The number of amides is 1. The Morgan fingerprint density at radius 3 is 2.65 bits per heavy atom. The van der Waals surface area contributed by atoms with E-state index in [0.29, 0.717) is 11.3 Å². The van der Waals surface area contributed by atoms with Crippen LogP contribution < -0.4 is 15.4 Å². The second kappa shape index (κ2) is 12.1. The van der Waals surface area contributed by atoms with Crippen LogP contribution in [0.4, 0.5) is 5.69 Å². The summed E-state index contributed by atoms with van der Waals surface area (Å²) in [6.07, 6.45) is 5.21. The molecule has 0 spiro atoms. The Labute approximate surface area is 200 Å². The van der Waals surface area contributed by atoms with Crippen LogP contribution >= 0.6 is 0 Å². The summed E-state index contributed by atoms with van der Waals surface area (Å²) >= 11 is 0. The van der Waals surface area contributed by atoms with Gasteiger partial charge in [0.15, 0.2) is 0 Å². The molecule has 182 valence electrons. The Kier molecular flexibility index (Phi) is 8.96. The summed E-state index contributed by atoms with van der Waals surface area (Å²) in [6, 6.07) is 12.9. The molecule has 3 N–H and O–H groups in total. The van der Waals surface area contributed by atoms with Crippen molar-refractivity contribution in [2.45, 2.75) is 58.4 Å². The highest BCUT2D eigenvalue weighted by molar-refractivity contribution is 5.99. The molecule has 0 saturated heterocycles. The first kappa shape index (κ1) is 25.1. The molecule has 2 aromatic carbocycles. The number of rotatable bonds is 13. The third-order valence-electron chi connectivity index (χ3n) is 5.97. The zero-order chi connectivity index (χ0) is 24.5. The minimum atomic E-state index is -0.948. The van der Waals surface area contributed by atoms with Crippen LogP contribution in [-0.2, 0) is 4.79 Å². The average Bonchev–Trinajstić information content (AvgIpc) is 3.16. The fraction of sp³-hybridized carbons (Fsp3) is 0.407. The van der Waals surface area contributed by atoms with Crippen LogP contribution in [0.2, 0.25) is 0 Å². The van der Waals surface area contributed by atoms with E-state index >= 15 is 0 Å². The number of anilines is 1. The maximum absolute atomic E-state index is 12.8. The van der Waals surface area contributed by atoms with Crippen LogP contribution in [0.3, 0.4) is 0 Å². The number of hydrogen-bond donors (Lipinski definition) is 3. The van der Waals surface area contributed by atoms with Crippen molar-refractivity contribution < 1.29 is 23.8 Å². The lowest BCUT2D eigenvalue weighted by atomic mass is 10.0. The number of nitrogens with one attached hydrogen (secondary N) is 2. The van der Waals surface area contributed by atoms with E-state index in [1.165, 1.54) is 6.42 Å². The van der Waals surface area contributed by atoms with Crippen LogP contribution in [0.25, 0.3) is 11.0 Å². The number of furan rings is 1. The van der Waals surface area contributed by atoms with E-state index in [2.05, 4.69) is 17.6 Å². The van der Waals surface area contributed by atoms with Crippen molar-refractivity contribution in [3.8, 4) is 5.75 Å². The van der Waals surface area contributed by atoms with Crippen LogP contribution in [0.5, 0.6) is 5.75 Å². The average molecular weight is 467 g/mol. The van der Waals surface area contributed by atoms with Gasteiger partial charge in [-0.05, 0) is 43.7 Å². The highest BCUT2D eigenvalue weighted by Gasteiger charge is 2.22. The molecule has 3 rings (SSSR count). The molecule has 0 saturated carbocycles. The second-order valence-corrected chi connectivity index (χ2v) is 8.44. The minimum absolute atomic E-state index is 0.0768. The Morgan fingerprint density at radius 2 is 1.91 bits per heavy atom. The molecule has 0 aliphatic rings. The van der Waals surface area contributed by atoms with Crippen LogP contribution in [0, 0.1) is 6.92 Å². The van der Waals surface area contributed by atoms with Crippen LogP contribution in [0.15, 0.2) is 46.9 Å². The lowest BCUT2D eigenvalue weighted by molar-refractivity contribution is -0.136. The van der Waals surface area contributed by atoms with Gasteiger partial charge in [0.05, 0.1) is 25.1 Å². The molecule has 1 atom stereocenters. The maximum atomic E-state index is 12.8. The summed E-state index contributed by atoms with van der Waals surface area (Å²) in [4.78, 5) is 23.6. The molecule has 3 aromatic rings. The number of carboxylic acids is 1. The number of carbonyl (C=O) groups is 2. The molecule has 0 bridgehead atoms. The van der Waals surface area contributed by atoms with Crippen molar-refractivity contribution in [3.63, 3.8) is 0 Å². The van der Waals surface area contributed by atoms with Gasteiger partial charge in [-0.2, -0.15) is 0 Å². The summed E-state index contributed by atoms with van der Waals surface area (Å²) in [5, 5.41) is 16.1. The fourth-order valence-corrected chi connectivity index (χ4v) is 4.10. The summed E-state index contributed by atoms with van der Waals surface area (Å²) < 4.78 is 11.7. The van der Waals surface area contributed by atoms with E-state index in [0.717, 1.165) is 53.7 Å². The van der Waals surface area contributed by atoms with Gasteiger partial charge in [-0.1, -0.05) is 44.7 Å². The SMILES string of the molecule is CCCCCCC(Nc1ccccc1C(=O)NCCC(=O)O)c1oc2ccc(OC)cc2c1C. The van der Waals surface area contributed by atoms with E-state index in [4.69, 9.17) is 14.3 Å². The van der Waals surface area contributed by atoms with Crippen molar-refractivity contribution in [1.29, 1.82) is 0 Å². The van der Waals surface area contributed by atoms with Gasteiger partial charge >= 0.3 is 5.97 Å². The molecule has 0 aliphatic heterocycles. The third-order valence-corrected chi connectivity index (χ3v) is 5.97. The van der Waals surface area contributed by atoms with E-state index in [1.807, 2.05) is 37.3 Å². The van der Waals surface area contributed by atoms with Gasteiger partial charge in [0.25, 0.3) is 5.91 Å². The number of unbranched alkanes of at least 4 members (excludes halogenated alkanes) is 3. The summed E-state index contributed by atoms with van der Waals surface area (Å²) in [7, 11) is 1.65. The monoisotopic (exact) mass is 466 g/mol. The van der Waals surface area contributed by atoms with Gasteiger partial charge in [-0.15, -0.1) is 0 Å². The first-order chi connectivity index (χ1) is 16.4. The molecule has 1 unspecified atom stereocenters. The molecular formula is C27H34N2O5. The van der Waals surface area contributed by atoms with E-state index in [9.17, 15) is 9.59 Å². The summed E-state index contributed by atoms with van der Waals surface area (Å²) in [5.74, 6) is 0.371. The largest absolute Gasteiger partial charge is 0.497 e. The highest BCUT2D eigenvalue weighted by Crippen LogP contribution is 2.36. The zero-order valence-electron chi connectivity index (χ0n) is 20.1. The van der Waals surface area contributed by atoms with Gasteiger partial charge in [-0.3, -0.25) is 9.59 Å². The molecular weight excluding hydrogens is 432 g/mol. The first-order valence-corrected chi connectivity index (χ1v) is 11.9. The molecule has 0 fully saturated rings. The normalized spacial score (nSPS) is 11.9. The standard InChI is InChI=1S/C27H34N2O5/c1-4-5-6-7-12-23(26-18(2)21-17-19(33-3)13-14-24(21)34-26)29-22-11-9-8-10-20(22)27(32)28-16-15-25(30)31/h8-11,13-14,17,23,29H,4-7,12,15-16H2,1-3H3,(H,28,32)(H,30,31). The lowest BCUT2D eigenvalue weighted by Gasteiger charge is -2.21. The summed E-state index contributed by atoms with van der Waals surface area (Å²) in [5.41, 5.74) is 3.01. The molecule has 34 heavy (non-hydrogen) atoms. The lowest BCUT2D eigenvalue weighted by Crippen LogP contribution is -2.27. The Morgan fingerprint density at radius 1 is 1.12 bits per heavy atom. The predicted octanol–water partition coefficient (Wildman–Crippen LogP) is 6.08. The topological polar surface area (TPSA) is 101 Å². The molecule has 1 aromatic heterocycles. The van der Waals surface area contributed by atoms with Crippen LogP contribution in [-0.4, -0.2) is 30.6 Å². The molecule has 1 heterocycles. The van der Waals surface area contributed by atoms with Crippen molar-refractivity contribution in [3.05, 3.63) is 59.4 Å². The number of benzene rings is 2. The fourth-order valence-electron chi connectivity index (χ4n) is 4.10. The van der Waals surface area contributed by atoms with E-state index in [-0.39, 0.29) is 24.9 Å². The van der Waals surface area contributed by atoms with Gasteiger partial charge in [0, 0.05) is 23.2 Å². The highest BCUT2D eigenvalue weighted by atomic mass is 16.5. The number of aryl methyl sites for hydroxylation is 1. The van der Waals surface area contributed by atoms with E-state index < -0.39 is 5.97 Å². The number of methoxy groups -OCH3 is 1. The summed E-state index contributed by atoms with van der Waals surface area (Å²) in [6.45, 7) is 4.31. The number of fused-ring (bicyclic) bond motifs is 1. The second-order valence-electron chi connectivity index (χ2n) is 8.44. The van der Waals surface area contributed by atoms with Crippen molar-refractivity contribution in [2.24, 2.45) is 0 Å². The Bertz CT molecular complexity index is 1120. The Balaban J connectivity index is 1.89. The van der Waals surface area contributed by atoms with E-state index in [1.54, 1.807) is 19.2 Å². The van der Waals surface area contributed by atoms with Gasteiger partial charge in [-0.25, -0.2) is 0 Å². The number of para-hydroxylation sites is 1. The smallest absolute Gasteiger partial charge is 0.305 e. The first-order valence-electron chi connectivity index (χ1n) is 11.9. The molecule has 0 aliphatic carbocycles. The predicted molar refractivity (Wildman–Crippen MR) is 134 cm³/mol. The van der Waals surface area contributed by atoms with Crippen LogP contribution in [0.1, 0.15) is 73.2 Å². The maximum Gasteiger partial charge on any atom is 0.305 e. The number of carbonyl (C=O) groups excluding carboxylic acids is 1. The van der Waals surface area contributed by atoms with Crippen molar-refractivity contribution in [1.82, 2.24) is 5.32 Å². The van der Waals surface area contributed by atoms with Gasteiger partial charge in [0.2, 0.25) is 0 Å². The Hall–Kier alpha value is -3.48. The molecule has 7 heteroatoms. The quantitative estimate of drug-likeness (QED) is 0.264. The van der Waals surface area contributed by atoms with Crippen molar-refractivity contribution >= 4 is 28.5 Å². The van der Waals surface area contributed by atoms with Gasteiger partial charge < -0.3 is 24.9 Å². The van der Waals surface area contributed by atoms with Crippen molar-refractivity contribution in [2.75, 3.05) is 19.0 Å².